The minimum atomic E-state index is -1.82. The molecular weight excluding hydrogens is 1450 g/mol. The molecule has 19 atom stereocenters. The van der Waals surface area contributed by atoms with Crippen LogP contribution in [0.25, 0.3) is 22.9 Å². The molecule has 0 spiro atoms. The lowest BCUT2D eigenvalue weighted by Gasteiger charge is -2.72. The van der Waals surface area contributed by atoms with Crippen LogP contribution in [-0.4, -0.2) is 116 Å². The van der Waals surface area contributed by atoms with E-state index in [9.17, 15) is 53.6 Å². The minimum Gasteiger partial charge on any atom is -0.481 e. The first-order chi connectivity index (χ1) is 53.3. The first-order valence-corrected chi connectivity index (χ1v) is 42.7. The number of rotatable bonds is 22. The van der Waals surface area contributed by atoms with E-state index in [1.54, 1.807) is 35.1 Å². The first-order valence-electron chi connectivity index (χ1n) is 42.7. The highest BCUT2D eigenvalue weighted by molar-refractivity contribution is 6.01. The van der Waals surface area contributed by atoms with Crippen molar-refractivity contribution in [2.24, 2.45) is 124 Å². The number of carboxylic acids is 2. The van der Waals surface area contributed by atoms with Gasteiger partial charge in [-0.1, -0.05) is 96.9 Å². The number of aromatic nitrogens is 7. The molecule has 8 fully saturated rings. The van der Waals surface area contributed by atoms with Gasteiger partial charge in [-0.15, -0.1) is 20.4 Å². The number of ether oxygens (including phenoxy) is 2. The Morgan fingerprint density at radius 1 is 0.553 bits per heavy atom. The molecule has 4 aromatic rings. The van der Waals surface area contributed by atoms with Gasteiger partial charge in [0.1, 0.15) is 41.7 Å². The van der Waals surface area contributed by atoms with E-state index in [1.807, 2.05) is 0 Å². The Labute approximate surface area is 671 Å². The Morgan fingerprint density at radius 2 is 1.01 bits per heavy atom. The number of carbonyl (C=O) groups excluding carboxylic acids is 4. The third-order valence-electron chi connectivity index (χ3n) is 34.3. The fourth-order valence-corrected chi connectivity index (χ4v) is 28.2. The number of carboxylic acid groups (broad SMARTS) is 2. The maximum absolute atomic E-state index is 16.6. The zero-order valence-electron chi connectivity index (χ0n) is 70.7. The van der Waals surface area contributed by atoms with Crippen molar-refractivity contribution < 1.29 is 67.4 Å². The predicted octanol–water partition coefficient (Wildman–Crippen LogP) is 15.9. The number of aliphatic hydroxyl groups is 2. The van der Waals surface area contributed by atoms with E-state index in [2.05, 4.69) is 112 Å². The summed E-state index contributed by atoms with van der Waals surface area (Å²) >= 11 is 0. The molecule has 14 rings (SSSR count). The highest BCUT2D eigenvalue weighted by Gasteiger charge is 2.74. The smallest absolute Gasteiger partial charge is 0.310 e. The summed E-state index contributed by atoms with van der Waals surface area (Å²) in [4.78, 5) is 87.8. The van der Waals surface area contributed by atoms with Crippen LogP contribution < -0.4 is 11.5 Å². The number of nitrogens with two attached hydrogens (primary N) is 2. The number of fused-ring (bicyclic) bond motifs is 14. The number of Topliss-reactive ketones (excluding diaryl/α,β-unsaturated/α-hetero) is 2. The number of benzene rings is 1. The van der Waals surface area contributed by atoms with Crippen molar-refractivity contribution in [3.63, 3.8) is 0 Å². The SMILES string of the molecule is CC(C)C1=C2[C@H]3CC[C@@H]4[C@@]5(C)CC[C@H](OC(=O)CC(C)(C)C(=O)O)C(C)(C)[C@@H]5CC[C@@]4(C)[C@]3(C)CC[C@@]2([C@H](O)c2nnc(-c3ccc(F)c(CC(C)(CC(=O)O[C@H]4CC[C@]5(C)[C@H]6CC[C@@H]7C8=C(C(C)C)C(=O)C[C@]8([C@@H](O)c8nnc(-c9ccc(F)cn9)n8CCN)CC[C@@]7(C)[C@]6(C)CC[C@H]5C4(C)C)C(=O)O)c3)n2CCN)CC1=O. The topological polar surface area (TPSA) is 328 Å². The summed E-state index contributed by atoms with van der Waals surface area (Å²) < 4.78 is 47.1. The molecule has 23 heteroatoms. The van der Waals surface area contributed by atoms with Gasteiger partial charge in [0.15, 0.2) is 34.9 Å². The Morgan fingerprint density at radius 3 is 1.44 bits per heavy atom. The number of allylic oxidation sites excluding steroid dienone is 2. The van der Waals surface area contributed by atoms with Crippen molar-refractivity contribution in [2.75, 3.05) is 13.1 Å². The molecule has 114 heavy (non-hydrogen) atoms. The van der Waals surface area contributed by atoms with E-state index in [1.165, 1.54) is 25.1 Å². The van der Waals surface area contributed by atoms with Gasteiger partial charge in [-0.3, -0.25) is 28.8 Å². The molecule has 3 aromatic heterocycles. The molecule has 0 radical (unpaired) electrons. The third-order valence-corrected chi connectivity index (χ3v) is 34.3. The summed E-state index contributed by atoms with van der Waals surface area (Å²) in [7, 11) is 0. The summed E-state index contributed by atoms with van der Waals surface area (Å²) in [5.74, 6) is -2.71. The van der Waals surface area contributed by atoms with E-state index in [-0.39, 0.29) is 166 Å². The second kappa shape index (κ2) is 28.7. The monoisotopic (exact) mass is 1580 g/mol. The van der Waals surface area contributed by atoms with Crippen LogP contribution in [0.15, 0.2) is 58.8 Å². The molecule has 8 saturated carbocycles. The van der Waals surface area contributed by atoms with Crippen LogP contribution in [0.1, 0.15) is 276 Å². The number of halogens is 2. The van der Waals surface area contributed by atoms with Crippen molar-refractivity contribution in [1.29, 1.82) is 0 Å². The third kappa shape index (κ3) is 12.4. The van der Waals surface area contributed by atoms with Gasteiger partial charge in [-0.05, 0) is 268 Å². The van der Waals surface area contributed by atoms with Crippen molar-refractivity contribution in [2.45, 2.75) is 290 Å². The zero-order chi connectivity index (χ0) is 82.9. The van der Waals surface area contributed by atoms with E-state index in [4.69, 9.17) is 31.1 Å². The van der Waals surface area contributed by atoms with Gasteiger partial charge >= 0.3 is 23.9 Å². The molecule has 622 valence electrons. The van der Waals surface area contributed by atoms with Crippen LogP contribution in [0.4, 0.5) is 8.78 Å². The van der Waals surface area contributed by atoms with Gasteiger partial charge < -0.3 is 50.5 Å². The zero-order valence-corrected chi connectivity index (χ0v) is 70.7. The van der Waals surface area contributed by atoms with E-state index in [0.717, 1.165) is 106 Å². The number of hydrogen-bond donors (Lipinski definition) is 6. The maximum atomic E-state index is 16.6. The highest BCUT2D eigenvalue weighted by Crippen LogP contribution is 2.80. The Bertz CT molecular complexity index is 4600. The lowest BCUT2D eigenvalue weighted by Crippen LogP contribution is -2.66. The van der Waals surface area contributed by atoms with Crippen LogP contribution in [0.5, 0.6) is 0 Å². The fourth-order valence-electron chi connectivity index (χ4n) is 28.2. The predicted molar refractivity (Wildman–Crippen MR) is 425 cm³/mol. The quantitative estimate of drug-likeness (QED) is 0.0398. The van der Waals surface area contributed by atoms with Crippen molar-refractivity contribution >= 4 is 35.4 Å². The summed E-state index contributed by atoms with van der Waals surface area (Å²) in [6.45, 7) is 37.2. The van der Waals surface area contributed by atoms with E-state index in [0.29, 0.717) is 54.5 Å². The number of aliphatic hydroxyl groups excluding tert-OH is 2. The Hall–Kier alpha value is -6.95. The molecule has 3 heterocycles. The molecule has 0 amide bonds. The molecule has 0 saturated heterocycles. The van der Waals surface area contributed by atoms with Crippen molar-refractivity contribution in [3.05, 3.63) is 87.7 Å². The highest BCUT2D eigenvalue weighted by atomic mass is 19.1. The number of pyridine rings is 1. The van der Waals surface area contributed by atoms with Crippen LogP contribution in [0, 0.1) is 124 Å². The van der Waals surface area contributed by atoms with Gasteiger partial charge in [-0.25, -0.2) is 13.8 Å². The average molecular weight is 1580 g/mol. The van der Waals surface area contributed by atoms with Gasteiger partial charge in [0.25, 0.3) is 0 Å². The maximum Gasteiger partial charge on any atom is 0.310 e. The standard InChI is InChI=1S/C91H127F2N9O12/c1-49(2)68-58(103)44-90(36-34-86(14)54(70(68)90)20-24-62-84(12)30-28-64(113-66(105)46-80(5,6)78(109)110)81(7,8)60(84)26-32-88(62,86)16)72(107)76-99-97-74(101(76)40-38-94)51-18-22-56(93)52(42-51)43-83(11,79(111)112)47-67(106)114-65-29-31-85(13)61(82(65,9)10)27-33-89(17)63(85)25-21-55-71-69(50(3)4)59(104)45-91(71,37-35-87(55,89)15)73(108)77-100-98-75(102(77)41-39-95)57-23-19-53(92)48-96-57/h18-19,22-23,42,48-50,54-55,60-65,72-73,107-108H,20-21,24-41,43-47,94-95H2,1-17H3,(H,109,110)(H,111,112)/t54-,55-,60+,61+,62-,63-,64+,65+,72-,73+,83?,84+,85+,86-,87-,88-,89-,90-,91-/m1/s1. The van der Waals surface area contributed by atoms with Crippen molar-refractivity contribution in [1.82, 2.24) is 34.5 Å². The summed E-state index contributed by atoms with van der Waals surface area (Å²) in [6, 6.07) is 7.22. The van der Waals surface area contributed by atoms with E-state index < -0.39 is 87.3 Å². The van der Waals surface area contributed by atoms with Gasteiger partial charge in [0.2, 0.25) is 0 Å². The normalized spacial score (nSPS) is 35.9. The molecule has 1 aromatic carbocycles. The number of esters is 2. The van der Waals surface area contributed by atoms with Crippen LogP contribution in [-0.2, 0) is 57.8 Å². The second-order valence-electron chi connectivity index (χ2n) is 41.6. The lowest BCUT2D eigenvalue weighted by atomic mass is 9.33. The lowest BCUT2D eigenvalue weighted by molar-refractivity contribution is -0.235. The molecule has 1 unspecified atom stereocenters. The molecular formula is C91H127F2N9O12. The molecule has 10 aliphatic rings. The second-order valence-corrected chi connectivity index (χ2v) is 41.6. The summed E-state index contributed by atoms with van der Waals surface area (Å²) in [5.41, 5.74) is 10.1. The summed E-state index contributed by atoms with van der Waals surface area (Å²) in [5, 5.41) is 66.1. The number of carbonyl (C=O) groups is 6. The summed E-state index contributed by atoms with van der Waals surface area (Å²) in [6.07, 6.45) is 9.37. The minimum absolute atomic E-state index is 0.00859. The van der Waals surface area contributed by atoms with Crippen molar-refractivity contribution in [3.8, 4) is 22.9 Å². The molecule has 21 nitrogen and oxygen atoms in total. The van der Waals surface area contributed by atoms with E-state index >= 15 is 4.39 Å². The Kier molecular flexibility index (Phi) is 21.0. The number of aliphatic carboxylic acids is 2. The van der Waals surface area contributed by atoms with Gasteiger partial charge in [-0.2, -0.15) is 0 Å². The largest absolute Gasteiger partial charge is 0.481 e. The molecule has 10 aliphatic carbocycles. The Balaban J connectivity index is 0.674. The van der Waals surface area contributed by atoms with Crippen LogP contribution in [0.3, 0.4) is 0 Å². The average Bonchev–Trinajstić information content (AvgIpc) is 1.18. The van der Waals surface area contributed by atoms with Crippen LogP contribution in [0.2, 0.25) is 0 Å². The number of hydrogen-bond acceptors (Lipinski definition) is 17. The fraction of sp³-hybridized carbons (Fsp3) is 0.725. The van der Waals surface area contributed by atoms with Crippen LogP contribution >= 0.6 is 0 Å². The number of ketones is 2. The van der Waals surface area contributed by atoms with Gasteiger partial charge in [0, 0.05) is 66.2 Å². The number of nitrogens with zero attached hydrogens (tertiary/aromatic N) is 7. The van der Waals surface area contributed by atoms with Gasteiger partial charge in [0.05, 0.1) is 29.9 Å². The molecule has 8 N–H and O–H groups in total. The first kappa shape index (κ1) is 83.5. The molecule has 0 aliphatic heterocycles. The molecule has 0 bridgehead atoms.